The number of amides is 3. The van der Waals surface area contributed by atoms with Gasteiger partial charge in [0.05, 0.1) is 0 Å². The molecule has 0 unspecified atom stereocenters. The number of rotatable bonds is 4. The molecule has 0 aliphatic carbocycles. The lowest BCUT2D eigenvalue weighted by molar-refractivity contribution is -0.114. The lowest BCUT2D eigenvalue weighted by Crippen LogP contribution is -2.48. The molecule has 5 heteroatoms. The van der Waals surface area contributed by atoms with E-state index in [1.54, 1.807) is 0 Å². The highest BCUT2D eigenvalue weighted by Gasteiger charge is 2.24. The fourth-order valence-electron chi connectivity index (χ4n) is 3.08. The Balaban J connectivity index is 2.08. The molecule has 2 N–H and O–H groups in total. The summed E-state index contributed by atoms with van der Waals surface area (Å²) in [6.07, 6.45) is 1.69. The molecule has 23 heavy (non-hydrogen) atoms. The van der Waals surface area contributed by atoms with Gasteiger partial charge in [0.15, 0.2) is 0 Å². The molecule has 2 rings (SSSR count). The summed E-state index contributed by atoms with van der Waals surface area (Å²) in [7, 11) is 0. The van der Waals surface area contributed by atoms with Crippen LogP contribution in [-0.4, -0.2) is 29.4 Å². The van der Waals surface area contributed by atoms with E-state index >= 15 is 0 Å². The van der Waals surface area contributed by atoms with Gasteiger partial charge in [-0.25, -0.2) is 4.79 Å². The van der Waals surface area contributed by atoms with Gasteiger partial charge in [-0.2, -0.15) is 0 Å². The predicted octanol–water partition coefficient (Wildman–Crippen LogP) is 3.15. The van der Waals surface area contributed by atoms with Crippen molar-refractivity contribution in [2.24, 2.45) is 5.92 Å². The third-order valence-electron chi connectivity index (χ3n) is 4.42. The number of hydrogen-bond acceptors (Lipinski definition) is 2. The number of nitrogens with zero attached hydrogens (tertiary/aromatic N) is 1. The Labute approximate surface area is 138 Å². The van der Waals surface area contributed by atoms with Gasteiger partial charge in [-0.15, -0.1) is 0 Å². The van der Waals surface area contributed by atoms with Crippen molar-refractivity contribution in [2.75, 3.05) is 11.9 Å². The summed E-state index contributed by atoms with van der Waals surface area (Å²) in [5, 5.41) is 6.01. The van der Waals surface area contributed by atoms with Gasteiger partial charge in [0.1, 0.15) is 0 Å². The highest BCUT2D eigenvalue weighted by atomic mass is 16.2. The van der Waals surface area contributed by atoms with Crippen molar-refractivity contribution in [1.82, 2.24) is 10.2 Å². The second-order valence-electron chi connectivity index (χ2n) is 6.50. The summed E-state index contributed by atoms with van der Waals surface area (Å²) < 4.78 is 0. The van der Waals surface area contributed by atoms with Crippen LogP contribution in [0.1, 0.15) is 45.2 Å². The van der Waals surface area contributed by atoms with Crippen molar-refractivity contribution in [3.63, 3.8) is 0 Å². The van der Waals surface area contributed by atoms with E-state index in [4.69, 9.17) is 0 Å². The molecule has 126 valence electrons. The number of nitrogens with one attached hydrogen (secondary N) is 2. The predicted molar refractivity (Wildman–Crippen MR) is 92.3 cm³/mol. The number of hydrogen-bond donors (Lipinski definition) is 2. The standard InChI is InChI=1S/C18H27N3O2/c1-5-16(12(2)3)20-18(23)21-10-9-15-14(11-21)7-6-8-17(15)19-13(4)22/h6-8,12,16H,5,9-11H2,1-4H3,(H,19,22)(H,20,23)/t16-/m0/s1. The highest BCUT2D eigenvalue weighted by Crippen LogP contribution is 2.26. The third-order valence-corrected chi connectivity index (χ3v) is 4.42. The molecule has 0 bridgehead atoms. The summed E-state index contributed by atoms with van der Waals surface area (Å²) >= 11 is 0. The molecular formula is C18H27N3O2. The average Bonchev–Trinajstić information content (AvgIpc) is 2.51. The quantitative estimate of drug-likeness (QED) is 0.896. The van der Waals surface area contributed by atoms with E-state index < -0.39 is 0 Å². The van der Waals surface area contributed by atoms with Crippen LogP contribution in [-0.2, 0) is 17.8 Å². The van der Waals surface area contributed by atoms with Gasteiger partial charge >= 0.3 is 6.03 Å². The molecule has 1 heterocycles. The van der Waals surface area contributed by atoms with Crippen LogP contribution < -0.4 is 10.6 Å². The van der Waals surface area contributed by atoms with Gasteiger partial charge in [-0.3, -0.25) is 4.79 Å². The fraction of sp³-hybridized carbons (Fsp3) is 0.556. The van der Waals surface area contributed by atoms with Crippen LogP contribution in [0.15, 0.2) is 18.2 Å². The summed E-state index contributed by atoms with van der Waals surface area (Å²) in [4.78, 5) is 25.6. The molecule has 0 saturated heterocycles. The fourth-order valence-corrected chi connectivity index (χ4v) is 3.08. The third kappa shape index (κ3) is 4.24. The van der Waals surface area contributed by atoms with Gasteiger partial charge in [0.2, 0.25) is 5.91 Å². The monoisotopic (exact) mass is 317 g/mol. The Kier molecular flexibility index (Phi) is 5.64. The maximum absolute atomic E-state index is 12.5. The van der Waals surface area contributed by atoms with Crippen molar-refractivity contribution >= 4 is 17.6 Å². The molecule has 1 aliphatic rings. The molecular weight excluding hydrogens is 290 g/mol. The average molecular weight is 317 g/mol. The topological polar surface area (TPSA) is 61.4 Å². The van der Waals surface area contributed by atoms with E-state index in [1.165, 1.54) is 6.92 Å². The molecule has 5 nitrogen and oxygen atoms in total. The van der Waals surface area contributed by atoms with Gasteiger partial charge in [0.25, 0.3) is 0 Å². The first kappa shape index (κ1) is 17.3. The molecule has 3 amide bonds. The zero-order valence-corrected chi connectivity index (χ0v) is 14.5. The number of anilines is 1. The van der Waals surface area contributed by atoms with Gasteiger partial charge in [-0.05, 0) is 36.0 Å². The molecule has 1 atom stereocenters. The van der Waals surface area contributed by atoms with Gasteiger partial charge < -0.3 is 15.5 Å². The van der Waals surface area contributed by atoms with Crippen molar-refractivity contribution in [3.05, 3.63) is 29.3 Å². The zero-order valence-electron chi connectivity index (χ0n) is 14.5. The minimum Gasteiger partial charge on any atom is -0.335 e. The Morgan fingerprint density at radius 2 is 2.04 bits per heavy atom. The first-order chi connectivity index (χ1) is 10.9. The Morgan fingerprint density at radius 1 is 1.30 bits per heavy atom. The van der Waals surface area contributed by atoms with E-state index in [9.17, 15) is 9.59 Å². The Hall–Kier alpha value is -2.04. The first-order valence-electron chi connectivity index (χ1n) is 8.36. The maximum atomic E-state index is 12.5. The Bertz CT molecular complexity index is 584. The van der Waals surface area contributed by atoms with Crippen LogP contribution in [0.4, 0.5) is 10.5 Å². The van der Waals surface area contributed by atoms with Crippen LogP contribution >= 0.6 is 0 Å². The molecule has 1 aromatic carbocycles. The van der Waals surface area contributed by atoms with Crippen LogP contribution in [0.3, 0.4) is 0 Å². The SMILES string of the molecule is CC[C@H](NC(=O)N1CCc2c(cccc2NC(C)=O)C1)C(C)C. The molecule has 1 aromatic rings. The molecule has 0 spiro atoms. The maximum Gasteiger partial charge on any atom is 0.317 e. The van der Waals surface area contributed by atoms with Crippen LogP contribution in [0.2, 0.25) is 0 Å². The molecule has 0 fully saturated rings. The van der Waals surface area contributed by atoms with Crippen LogP contribution in [0.5, 0.6) is 0 Å². The zero-order chi connectivity index (χ0) is 17.0. The second kappa shape index (κ2) is 7.49. The number of benzene rings is 1. The normalized spacial score (nSPS) is 15.1. The van der Waals surface area contributed by atoms with Crippen LogP contribution in [0.25, 0.3) is 0 Å². The summed E-state index contributed by atoms with van der Waals surface area (Å²) in [6, 6.07) is 6.08. The highest BCUT2D eigenvalue weighted by molar-refractivity contribution is 5.90. The number of carbonyl (C=O) groups is 2. The van der Waals surface area contributed by atoms with Crippen LogP contribution in [0, 0.1) is 5.92 Å². The number of urea groups is 1. The number of carbonyl (C=O) groups excluding carboxylic acids is 2. The van der Waals surface area contributed by atoms with Crippen molar-refractivity contribution in [2.45, 2.75) is 53.1 Å². The summed E-state index contributed by atoms with van der Waals surface area (Å²) in [5.74, 6) is 0.355. The Morgan fingerprint density at radius 3 is 2.65 bits per heavy atom. The van der Waals surface area contributed by atoms with E-state index in [-0.39, 0.29) is 18.0 Å². The van der Waals surface area contributed by atoms with E-state index in [2.05, 4.69) is 31.4 Å². The smallest absolute Gasteiger partial charge is 0.317 e. The van der Waals surface area contributed by atoms with Crippen molar-refractivity contribution < 1.29 is 9.59 Å². The lowest BCUT2D eigenvalue weighted by atomic mass is 9.97. The minimum absolute atomic E-state index is 0.00105. The van der Waals surface area contributed by atoms with E-state index in [0.29, 0.717) is 19.0 Å². The lowest BCUT2D eigenvalue weighted by Gasteiger charge is -2.32. The van der Waals surface area contributed by atoms with Crippen molar-refractivity contribution in [1.29, 1.82) is 0 Å². The summed E-state index contributed by atoms with van der Waals surface area (Å²) in [6.45, 7) is 9.11. The molecule has 0 radical (unpaired) electrons. The largest absolute Gasteiger partial charge is 0.335 e. The van der Waals surface area contributed by atoms with E-state index in [1.807, 2.05) is 23.1 Å². The first-order valence-corrected chi connectivity index (χ1v) is 8.36. The molecule has 0 saturated carbocycles. The molecule has 0 aromatic heterocycles. The number of fused-ring (bicyclic) bond motifs is 1. The van der Waals surface area contributed by atoms with E-state index in [0.717, 1.165) is 29.7 Å². The van der Waals surface area contributed by atoms with Crippen molar-refractivity contribution in [3.8, 4) is 0 Å². The second-order valence-corrected chi connectivity index (χ2v) is 6.50. The minimum atomic E-state index is -0.0682. The van der Waals surface area contributed by atoms with Gasteiger partial charge in [-0.1, -0.05) is 32.9 Å². The molecule has 1 aliphatic heterocycles. The summed E-state index contributed by atoms with van der Waals surface area (Å²) in [5.41, 5.74) is 3.11. The van der Waals surface area contributed by atoms with Gasteiger partial charge in [0, 0.05) is 31.7 Å².